The minimum atomic E-state index is -0.646. The first-order valence-corrected chi connectivity index (χ1v) is 8.09. The maximum atomic E-state index is 13.0. The van der Waals surface area contributed by atoms with Gasteiger partial charge in [-0.3, -0.25) is 9.59 Å². The molecule has 1 saturated heterocycles. The van der Waals surface area contributed by atoms with Crippen LogP contribution in [0.1, 0.15) is 59.3 Å². The predicted molar refractivity (Wildman–Crippen MR) is 77.0 cm³/mol. The summed E-state index contributed by atoms with van der Waals surface area (Å²) in [4.78, 5) is 27.3. The molecule has 1 aliphatic heterocycles. The summed E-state index contributed by atoms with van der Waals surface area (Å²) in [5.74, 6) is 0.551. The van der Waals surface area contributed by atoms with Crippen molar-refractivity contribution < 1.29 is 9.59 Å². The van der Waals surface area contributed by atoms with Crippen molar-refractivity contribution in [3.63, 3.8) is 0 Å². The van der Waals surface area contributed by atoms with E-state index in [1.54, 1.807) is 0 Å². The lowest BCUT2D eigenvalue weighted by atomic mass is 9.87. The number of carbonyl (C=O) groups is 2. The fourth-order valence-corrected chi connectivity index (χ4v) is 3.66. The van der Waals surface area contributed by atoms with Crippen molar-refractivity contribution in [1.82, 2.24) is 10.2 Å². The smallest absolute Gasteiger partial charge is 0.249 e. The molecule has 0 bridgehead atoms. The standard InChI is InChI=1S/C16H26N2O2/c1-4-12-13(19)17-15(3,11-6-7-11)14(20)18(12)10-16(5-2)8-9-16/h11-12H,4-10H2,1-3H3,(H,17,19). The van der Waals surface area contributed by atoms with Gasteiger partial charge >= 0.3 is 0 Å². The van der Waals surface area contributed by atoms with Crippen molar-refractivity contribution in [3.8, 4) is 0 Å². The highest BCUT2D eigenvalue weighted by Crippen LogP contribution is 2.50. The number of amides is 2. The van der Waals surface area contributed by atoms with Crippen LogP contribution in [0, 0.1) is 11.3 Å². The molecule has 0 radical (unpaired) electrons. The van der Waals surface area contributed by atoms with Crippen LogP contribution in [-0.2, 0) is 9.59 Å². The molecule has 4 nitrogen and oxygen atoms in total. The molecule has 2 amide bonds. The molecule has 2 saturated carbocycles. The number of nitrogens with one attached hydrogen (secondary N) is 1. The van der Waals surface area contributed by atoms with E-state index in [9.17, 15) is 9.59 Å². The van der Waals surface area contributed by atoms with Crippen LogP contribution in [0.25, 0.3) is 0 Å². The summed E-state index contributed by atoms with van der Waals surface area (Å²) in [7, 11) is 0. The summed E-state index contributed by atoms with van der Waals surface area (Å²) in [5.41, 5.74) is -0.349. The molecular weight excluding hydrogens is 252 g/mol. The van der Waals surface area contributed by atoms with Crippen LogP contribution in [0.15, 0.2) is 0 Å². The van der Waals surface area contributed by atoms with Crippen molar-refractivity contribution in [3.05, 3.63) is 0 Å². The Morgan fingerprint density at radius 3 is 2.35 bits per heavy atom. The number of rotatable bonds is 5. The first-order valence-electron chi connectivity index (χ1n) is 8.09. The third kappa shape index (κ3) is 2.04. The van der Waals surface area contributed by atoms with Gasteiger partial charge in [-0.25, -0.2) is 0 Å². The minimum Gasteiger partial charge on any atom is -0.340 e. The van der Waals surface area contributed by atoms with Crippen LogP contribution >= 0.6 is 0 Å². The molecule has 3 aliphatic rings. The summed E-state index contributed by atoms with van der Waals surface area (Å²) in [6.07, 6.45) is 6.34. The molecule has 0 spiro atoms. The van der Waals surface area contributed by atoms with Gasteiger partial charge in [-0.05, 0) is 56.8 Å². The van der Waals surface area contributed by atoms with Crippen LogP contribution in [0.2, 0.25) is 0 Å². The summed E-state index contributed by atoms with van der Waals surface area (Å²) >= 11 is 0. The van der Waals surface area contributed by atoms with E-state index in [1.807, 2.05) is 18.7 Å². The lowest BCUT2D eigenvalue weighted by Gasteiger charge is -2.45. The summed E-state index contributed by atoms with van der Waals surface area (Å²) in [6.45, 7) is 6.89. The summed E-state index contributed by atoms with van der Waals surface area (Å²) in [6, 6.07) is -0.265. The zero-order valence-corrected chi connectivity index (χ0v) is 12.9. The highest BCUT2D eigenvalue weighted by Gasteiger charge is 2.56. The predicted octanol–water partition coefficient (Wildman–Crippen LogP) is 2.08. The first kappa shape index (κ1) is 13.9. The van der Waals surface area contributed by atoms with Gasteiger partial charge in [-0.1, -0.05) is 13.8 Å². The Bertz CT molecular complexity index is 440. The van der Waals surface area contributed by atoms with Crippen molar-refractivity contribution in [2.24, 2.45) is 11.3 Å². The van der Waals surface area contributed by atoms with E-state index < -0.39 is 5.54 Å². The van der Waals surface area contributed by atoms with Crippen LogP contribution < -0.4 is 5.32 Å². The molecule has 0 aromatic rings. The Balaban J connectivity index is 1.86. The van der Waals surface area contributed by atoms with Crippen molar-refractivity contribution >= 4 is 11.8 Å². The SMILES string of the molecule is CCC1C(=O)NC(C)(C2CC2)C(=O)N1CC1(CC)CC1. The van der Waals surface area contributed by atoms with Gasteiger partial charge in [-0.15, -0.1) is 0 Å². The molecule has 0 aromatic heterocycles. The van der Waals surface area contributed by atoms with Gasteiger partial charge in [0.15, 0.2) is 0 Å². The molecule has 2 aliphatic carbocycles. The normalized spacial score (nSPS) is 36.0. The summed E-state index contributed by atoms with van der Waals surface area (Å²) in [5, 5.41) is 3.03. The summed E-state index contributed by atoms with van der Waals surface area (Å²) < 4.78 is 0. The van der Waals surface area contributed by atoms with Crippen LogP contribution in [-0.4, -0.2) is 34.8 Å². The first-order chi connectivity index (χ1) is 9.46. The van der Waals surface area contributed by atoms with Crippen LogP contribution in [0.5, 0.6) is 0 Å². The topological polar surface area (TPSA) is 49.4 Å². The average Bonchev–Trinajstić information content (AvgIpc) is 3.28. The van der Waals surface area contributed by atoms with Gasteiger partial charge in [0.25, 0.3) is 0 Å². The Morgan fingerprint density at radius 1 is 1.25 bits per heavy atom. The van der Waals surface area contributed by atoms with Gasteiger partial charge in [0, 0.05) is 6.54 Å². The molecule has 2 unspecified atom stereocenters. The Labute approximate surface area is 121 Å². The second-order valence-electron chi connectivity index (χ2n) is 7.18. The second kappa shape index (κ2) is 4.47. The molecule has 3 rings (SSSR count). The molecule has 20 heavy (non-hydrogen) atoms. The number of carbonyl (C=O) groups excluding carboxylic acids is 2. The second-order valence-corrected chi connectivity index (χ2v) is 7.18. The number of hydrogen-bond acceptors (Lipinski definition) is 2. The maximum Gasteiger partial charge on any atom is 0.249 e. The van der Waals surface area contributed by atoms with Crippen molar-refractivity contribution in [1.29, 1.82) is 0 Å². The van der Waals surface area contributed by atoms with E-state index in [1.165, 1.54) is 12.8 Å². The molecule has 3 fully saturated rings. The van der Waals surface area contributed by atoms with E-state index in [0.29, 0.717) is 17.8 Å². The molecule has 1 heterocycles. The number of nitrogens with zero attached hydrogens (tertiary/aromatic N) is 1. The quantitative estimate of drug-likeness (QED) is 0.837. The highest BCUT2D eigenvalue weighted by molar-refractivity contribution is 6.00. The third-order valence-electron chi connectivity index (χ3n) is 5.76. The zero-order chi connectivity index (χ0) is 14.5. The molecule has 2 atom stereocenters. The molecule has 112 valence electrons. The van der Waals surface area contributed by atoms with Crippen LogP contribution in [0.3, 0.4) is 0 Å². The monoisotopic (exact) mass is 278 g/mol. The van der Waals surface area contributed by atoms with Crippen molar-refractivity contribution in [2.75, 3.05) is 6.54 Å². The average molecular weight is 278 g/mol. The van der Waals surface area contributed by atoms with Gasteiger partial charge < -0.3 is 10.2 Å². The lowest BCUT2D eigenvalue weighted by Crippen LogP contribution is -2.70. The van der Waals surface area contributed by atoms with Crippen LogP contribution in [0.4, 0.5) is 0 Å². The van der Waals surface area contributed by atoms with Gasteiger partial charge in [-0.2, -0.15) is 0 Å². The van der Waals surface area contributed by atoms with Gasteiger partial charge in [0.1, 0.15) is 11.6 Å². The fraction of sp³-hybridized carbons (Fsp3) is 0.875. The largest absolute Gasteiger partial charge is 0.340 e. The maximum absolute atomic E-state index is 13.0. The van der Waals surface area contributed by atoms with Crippen molar-refractivity contribution in [2.45, 2.75) is 70.9 Å². The minimum absolute atomic E-state index is 0.0494. The Morgan fingerprint density at radius 2 is 1.90 bits per heavy atom. The van der Waals surface area contributed by atoms with E-state index in [0.717, 1.165) is 25.8 Å². The Hall–Kier alpha value is -1.06. The van der Waals surface area contributed by atoms with E-state index in [4.69, 9.17) is 0 Å². The Kier molecular flexibility index (Phi) is 3.11. The van der Waals surface area contributed by atoms with Gasteiger partial charge in [0.2, 0.25) is 11.8 Å². The number of hydrogen-bond donors (Lipinski definition) is 1. The van der Waals surface area contributed by atoms with E-state index >= 15 is 0 Å². The lowest BCUT2D eigenvalue weighted by molar-refractivity contribution is -0.156. The fourth-order valence-electron chi connectivity index (χ4n) is 3.66. The molecule has 1 N–H and O–H groups in total. The van der Waals surface area contributed by atoms with E-state index in [-0.39, 0.29) is 17.9 Å². The number of piperazine rings is 1. The molecule has 0 aromatic carbocycles. The molecule has 4 heteroatoms. The zero-order valence-electron chi connectivity index (χ0n) is 12.9. The third-order valence-corrected chi connectivity index (χ3v) is 5.76. The highest BCUT2D eigenvalue weighted by atomic mass is 16.2. The van der Waals surface area contributed by atoms with E-state index in [2.05, 4.69) is 12.2 Å². The van der Waals surface area contributed by atoms with Gasteiger partial charge in [0.05, 0.1) is 0 Å². The molecular formula is C16H26N2O2.